The molecule has 0 aliphatic carbocycles. The lowest BCUT2D eigenvalue weighted by molar-refractivity contribution is -0.145. The number of rotatable bonds is 3. The van der Waals surface area contributed by atoms with E-state index in [0.29, 0.717) is 0 Å². The molecule has 0 unspecified atom stereocenters. The topological polar surface area (TPSA) is 94.7 Å². The number of esters is 1. The van der Waals surface area contributed by atoms with Gasteiger partial charge >= 0.3 is 11.8 Å². The van der Waals surface area contributed by atoms with Gasteiger partial charge in [-0.25, -0.2) is 9.89 Å². The molecule has 0 spiro atoms. The molecule has 0 bridgehead atoms. The van der Waals surface area contributed by atoms with E-state index in [0.717, 1.165) is 0 Å². The van der Waals surface area contributed by atoms with Gasteiger partial charge in [-0.1, -0.05) is 0 Å². The van der Waals surface area contributed by atoms with Gasteiger partial charge in [0.1, 0.15) is 0 Å². The zero-order chi connectivity index (χ0) is 8.97. The van der Waals surface area contributed by atoms with Crippen LogP contribution in [0.15, 0.2) is 4.63 Å². The van der Waals surface area contributed by atoms with E-state index in [1.807, 2.05) is 0 Å². The number of methoxy groups -OCH3 is 1. The lowest BCUT2D eigenvalue weighted by Crippen LogP contribution is -2.05. The Bertz CT molecular complexity index is 271. The number of carbonyl (C=O) groups excluding carboxylic acids is 1. The first kappa shape index (κ1) is 8.47. The molecule has 0 aliphatic heterocycles. The molecule has 0 amide bonds. The highest BCUT2D eigenvalue weighted by molar-refractivity contribution is 5.72. The summed E-state index contributed by atoms with van der Waals surface area (Å²) in [5, 5.41) is 14.6. The number of carbonyl (C=O) groups is 1. The molecule has 0 aromatic carbocycles. The number of nitrogens with zero attached hydrogens (tertiary/aromatic N) is 2. The summed E-state index contributed by atoms with van der Waals surface area (Å²) in [4.78, 5) is 14.4. The van der Waals surface area contributed by atoms with Crippen molar-refractivity contribution in [3.05, 3.63) is 5.69 Å². The van der Waals surface area contributed by atoms with E-state index < -0.39 is 5.97 Å². The smallest absolute Gasteiger partial charge is 0.319 e. The SMILES string of the molecule is COC(=O)Cc1nonc1OO. The summed E-state index contributed by atoms with van der Waals surface area (Å²) in [6.45, 7) is 0. The Morgan fingerprint density at radius 3 is 3.00 bits per heavy atom. The van der Waals surface area contributed by atoms with Crippen LogP contribution >= 0.6 is 0 Å². The van der Waals surface area contributed by atoms with Gasteiger partial charge in [-0.3, -0.25) is 4.79 Å². The monoisotopic (exact) mass is 174 g/mol. The van der Waals surface area contributed by atoms with Gasteiger partial charge in [0.15, 0.2) is 5.69 Å². The summed E-state index contributed by atoms with van der Waals surface area (Å²) >= 11 is 0. The zero-order valence-electron chi connectivity index (χ0n) is 6.18. The molecule has 1 heterocycles. The molecule has 1 aromatic rings. The van der Waals surface area contributed by atoms with Crippen LogP contribution < -0.4 is 4.89 Å². The van der Waals surface area contributed by atoms with E-state index in [1.54, 1.807) is 0 Å². The number of hydrogen-bond donors (Lipinski definition) is 1. The lowest BCUT2D eigenvalue weighted by atomic mass is 10.3. The second kappa shape index (κ2) is 3.67. The van der Waals surface area contributed by atoms with Crippen molar-refractivity contribution in [3.8, 4) is 5.88 Å². The van der Waals surface area contributed by atoms with Crippen LogP contribution in [0.2, 0.25) is 0 Å². The molecule has 1 aromatic heterocycles. The summed E-state index contributed by atoms with van der Waals surface area (Å²) < 4.78 is 8.53. The number of ether oxygens (including phenoxy) is 1. The Morgan fingerprint density at radius 1 is 1.67 bits per heavy atom. The van der Waals surface area contributed by atoms with Gasteiger partial charge < -0.3 is 9.62 Å². The Hall–Kier alpha value is -1.63. The normalized spacial score (nSPS) is 9.50. The van der Waals surface area contributed by atoms with E-state index in [4.69, 9.17) is 5.26 Å². The molecule has 7 heteroatoms. The second-order valence-corrected chi connectivity index (χ2v) is 1.86. The molecule has 12 heavy (non-hydrogen) atoms. The van der Waals surface area contributed by atoms with Gasteiger partial charge in [-0.2, -0.15) is 0 Å². The average molecular weight is 174 g/mol. The van der Waals surface area contributed by atoms with Crippen molar-refractivity contribution in [1.29, 1.82) is 0 Å². The maximum absolute atomic E-state index is 10.7. The minimum absolute atomic E-state index is 0.0874. The molecular weight excluding hydrogens is 168 g/mol. The fraction of sp³-hybridized carbons (Fsp3) is 0.400. The summed E-state index contributed by atoms with van der Waals surface area (Å²) in [6.07, 6.45) is -0.157. The van der Waals surface area contributed by atoms with Gasteiger partial charge in [0.25, 0.3) is 0 Å². The maximum Gasteiger partial charge on any atom is 0.319 e. The third kappa shape index (κ3) is 1.70. The van der Waals surface area contributed by atoms with Gasteiger partial charge in [-0.05, 0) is 10.3 Å². The number of aromatic nitrogens is 2. The number of hydrogen-bond acceptors (Lipinski definition) is 7. The second-order valence-electron chi connectivity index (χ2n) is 1.86. The Kier molecular flexibility index (Phi) is 2.59. The Morgan fingerprint density at radius 2 is 2.42 bits per heavy atom. The van der Waals surface area contributed by atoms with Crippen molar-refractivity contribution in [2.75, 3.05) is 7.11 Å². The quantitative estimate of drug-likeness (QED) is 0.379. The summed E-state index contributed by atoms with van der Waals surface area (Å²) in [6, 6.07) is 0. The zero-order valence-corrected chi connectivity index (χ0v) is 6.18. The van der Waals surface area contributed by atoms with Gasteiger partial charge in [0.2, 0.25) is 0 Å². The highest BCUT2D eigenvalue weighted by Gasteiger charge is 2.15. The largest absolute Gasteiger partial charge is 0.469 e. The standard InChI is InChI=1S/C5H6N2O5/c1-10-4(8)2-3-5(11-9)7-12-6-3/h9H,2H2,1H3. The molecule has 7 nitrogen and oxygen atoms in total. The third-order valence-electron chi connectivity index (χ3n) is 1.15. The van der Waals surface area contributed by atoms with E-state index in [-0.39, 0.29) is 18.0 Å². The van der Waals surface area contributed by atoms with Gasteiger partial charge in [-0.15, -0.1) is 0 Å². The van der Waals surface area contributed by atoms with Crippen molar-refractivity contribution in [2.24, 2.45) is 0 Å². The van der Waals surface area contributed by atoms with E-state index in [9.17, 15) is 4.79 Å². The Labute approximate surface area is 66.8 Å². The summed E-state index contributed by atoms with van der Waals surface area (Å²) in [5.74, 6) is -0.760. The Balaban J connectivity index is 2.68. The molecule has 0 aliphatic rings. The molecule has 1 N–H and O–H groups in total. The molecular formula is C5H6N2O5. The molecule has 0 saturated carbocycles. The van der Waals surface area contributed by atoms with Crippen LogP contribution in [0, 0.1) is 0 Å². The fourth-order valence-corrected chi connectivity index (χ4v) is 0.585. The predicted molar refractivity (Wildman–Crippen MR) is 33.3 cm³/mol. The van der Waals surface area contributed by atoms with E-state index in [2.05, 4.69) is 24.6 Å². The molecule has 0 atom stereocenters. The first-order chi connectivity index (χ1) is 5.77. The van der Waals surface area contributed by atoms with Crippen LogP contribution in [0.1, 0.15) is 5.69 Å². The van der Waals surface area contributed by atoms with Crippen molar-refractivity contribution in [3.63, 3.8) is 0 Å². The highest BCUT2D eigenvalue weighted by Crippen LogP contribution is 2.11. The molecule has 66 valence electrons. The van der Waals surface area contributed by atoms with Crippen LogP contribution in [0.5, 0.6) is 5.88 Å². The van der Waals surface area contributed by atoms with Crippen LogP contribution in [0.4, 0.5) is 0 Å². The maximum atomic E-state index is 10.7. The fourth-order valence-electron chi connectivity index (χ4n) is 0.585. The highest BCUT2D eigenvalue weighted by atomic mass is 17.1. The summed E-state index contributed by atoms with van der Waals surface area (Å²) in [7, 11) is 1.23. The molecule has 1 rings (SSSR count). The van der Waals surface area contributed by atoms with Crippen molar-refractivity contribution in [1.82, 2.24) is 10.3 Å². The van der Waals surface area contributed by atoms with Crippen LogP contribution in [-0.2, 0) is 16.0 Å². The first-order valence-corrected chi connectivity index (χ1v) is 2.97. The van der Waals surface area contributed by atoms with Crippen LogP contribution in [-0.4, -0.2) is 28.6 Å². The molecule has 0 fully saturated rings. The average Bonchev–Trinajstić information content (AvgIpc) is 2.51. The lowest BCUT2D eigenvalue weighted by Gasteiger charge is -1.94. The van der Waals surface area contributed by atoms with Crippen molar-refractivity contribution in [2.45, 2.75) is 6.42 Å². The molecule has 0 radical (unpaired) electrons. The molecule has 0 saturated heterocycles. The third-order valence-corrected chi connectivity index (χ3v) is 1.15. The first-order valence-electron chi connectivity index (χ1n) is 2.97. The van der Waals surface area contributed by atoms with Gasteiger partial charge in [0.05, 0.1) is 13.5 Å². The van der Waals surface area contributed by atoms with Crippen LogP contribution in [0.25, 0.3) is 0 Å². The predicted octanol–water partition coefficient (Wildman–Crippen LogP) is -0.363. The van der Waals surface area contributed by atoms with Gasteiger partial charge in [0, 0.05) is 0 Å². The van der Waals surface area contributed by atoms with E-state index >= 15 is 0 Å². The van der Waals surface area contributed by atoms with Crippen LogP contribution in [0.3, 0.4) is 0 Å². The summed E-state index contributed by atoms with van der Waals surface area (Å²) in [5.41, 5.74) is 0.0874. The minimum atomic E-state index is -0.524. The van der Waals surface area contributed by atoms with E-state index in [1.165, 1.54) is 7.11 Å². The minimum Gasteiger partial charge on any atom is -0.469 e. The van der Waals surface area contributed by atoms with Crippen molar-refractivity contribution < 1.29 is 24.3 Å². The van der Waals surface area contributed by atoms with Crippen molar-refractivity contribution >= 4 is 5.97 Å².